The van der Waals surface area contributed by atoms with Crippen LogP contribution in [0, 0.1) is 11.3 Å². The van der Waals surface area contributed by atoms with Crippen molar-refractivity contribution in [1.82, 2.24) is 4.98 Å². The second-order valence-corrected chi connectivity index (χ2v) is 24.1. The number of aromatic nitrogens is 1. The molecule has 0 amide bonds. The van der Waals surface area contributed by atoms with Gasteiger partial charge in [-0.3, -0.25) is 18.5 Å². The lowest BCUT2D eigenvalue weighted by molar-refractivity contribution is -0.443. The number of nitriles is 1. The molecular formula is C49H57N4O11S4+. The van der Waals surface area contributed by atoms with Gasteiger partial charge in [0.25, 0.3) is 30.4 Å². The molecule has 0 radical (unpaired) electrons. The van der Waals surface area contributed by atoms with Crippen LogP contribution in [0.15, 0.2) is 76.2 Å². The number of allylic oxidation sites excluding steroid dienone is 4. The van der Waals surface area contributed by atoms with Gasteiger partial charge in [0.2, 0.25) is 5.69 Å². The third-order valence-corrected chi connectivity index (χ3v) is 17.6. The van der Waals surface area contributed by atoms with Crippen LogP contribution in [-0.2, 0) is 58.8 Å². The van der Waals surface area contributed by atoms with Crippen molar-refractivity contribution in [2.45, 2.75) is 131 Å². The lowest BCUT2D eigenvalue weighted by Gasteiger charge is -2.32. The predicted molar refractivity (Wildman–Crippen MR) is 260 cm³/mol. The summed E-state index contributed by atoms with van der Waals surface area (Å²) in [5, 5.41) is 9.53. The van der Waals surface area contributed by atoms with Crippen LogP contribution in [-0.4, -0.2) is 85.4 Å². The molecule has 4 aliphatic rings. The van der Waals surface area contributed by atoms with Crippen molar-refractivity contribution in [3.05, 3.63) is 93.7 Å². The quantitative estimate of drug-likeness (QED) is 0.0402. The molecule has 3 N–H and O–H groups in total. The maximum Gasteiger partial charge on any atom is 0.295 e. The Morgan fingerprint density at radius 2 is 1.53 bits per heavy atom. The lowest BCUT2D eigenvalue weighted by atomic mass is 9.74. The van der Waals surface area contributed by atoms with Crippen LogP contribution < -0.4 is 9.64 Å². The van der Waals surface area contributed by atoms with E-state index in [4.69, 9.17) is 10.00 Å². The van der Waals surface area contributed by atoms with Gasteiger partial charge in [0, 0.05) is 59.8 Å². The molecule has 15 nitrogen and oxygen atoms in total. The second-order valence-electron chi connectivity index (χ2n) is 18.7. The molecule has 19 heteroatoms. The monoisotopic (exact) mass is 1010 g/mol. The third kappa shape index (κ3) is 10.1. The normalized spacial score (nSPS) is 20.6. The van der Waals surface area contributed by atoms with Crippen molar-refractivity contribution in [3.8, 4) is 11.8 Å². The zero-order valence-corrected chi connectivity index (χ0v) is 41.5. The number of rotatable bonds is 21. The number of Topliss-reactive ketones (excluding diaryl/α,β-unsaturated/α-hetero) is 1. The van der Waals surface area contributed by atoms with Gasteiger partial charge in [0.05, 0.1) is 33.6 Å². The first-order valence-corrected chi connectivity index (χ1v) is 28.5. The van der Waals surface area contributed by atoms with Crippen LogP contribution in [0.5, 0.6) is 5.75 Å². The molecule has 4 aromatic rings. The smallest absolute Gasteiger partial charge is 0.295 e. The van der Waals surface area contributed by atoms with Gasteiger partial charge in [0.15, 0.2) is 10.7 Å². The van der Waals surface area contributed by atoms with Crippen molar-refractivity contribution >= 4 is 74.8 Å². The van der Waals surface area contributed by atoms with Crippen LogP contribution in [0.25, 0.3) is 10.2 Å². The Hall–Kier alpha value is -4.81. The first-order valence-electron chi connectivity index (χ1n) is 23.2. The van der Waals surface area contributed by atoms with Crippen LogP contribution in [0.4, 0.5) is 11.4 Å². The maximum absolute atomic E-state index is 13.1. The SMILES string of the molecule is CC1(CCCCCC(=O)CCCCOc2ccc3nc(C#N)sc3c2)C(/C=C/C=C2/N3CCCc4ccc(S(=O)(=O)O)c(c43)C2(C)CCCCS(=O)(=O)O)=[N+]2CCCc3ccc(S(=O)(=O)O)c1c32. The van der Waals surface area contributed by atoms with E-state index >= 15 is 0 Å². The molecule has 4 aliphatic heterocycles. The summed E-state index contributed by atoms with van der Waals surface area (Å²) in [5.41, 5.74) is 4.96. The number of nitrogens with zero attached hydrogens (tertiary/aromatic N) is 4. The zero-order chi connectivity index (χ0) is 48.6. The van der Waals surface area contributed by atoms with Crippen molar-refractivity contribution < 1.29 is 53.0 Å². The van der Waals surface area contributed by atoms with Gasteiger partial charge in [0.1, 0.15) is 33.9 Å². The average molecular weight is 1010 g/mol. The summed E-state index contributed by atoms with van der Waals surface area (Å²) in [5.74, 6) is 0.412. The highest BCUT2D eigenvalue weighted by Gasteiger charge is 2.53. The summed E-state index contributed by atoms with van der Waals surface area (Å²) in [7, 11) is -13.5. The van der Waals surface area contributed by atoms with E-state index < -0.39 is 46.9 Å². The van der Waals surface area contributed by atoms with E-state index in [0.29, 0.717) is 106 Å². The molecule has 8 rings (SSSR count). The number of carbonyl (C=O) groups excluding carboxylic acids is 1. The highest BCUT2D eigenvalue weighted by Crippen LogP contribution is 2.56. The summed E-state index contributed by atoms with van der Waals surface area (Å²) in [6.07, 6.45) is 14.5. The van der Waals surface area contributed by atoms with Crippen molar-refractivity contribution in [3.63, 3.8) is 0 Å². The number of carbonyl (C=O) groups is 1. The van der Waals surface area contributed by atoms with E-state index in [1.165, 1.54) is 23.5 Å². The third-order valence-electron chi connectivity index (χ3n) is 14.1. The summed E-state index contributed by atoms with van der Waals surface area (Å²) in [4.78, 5) is 19.0. The number of unbranched alkanes of at least 4 members (excludes halogenated alkanes) is 4. The number of aryl methyl sites for hydroxylation is 2. The Labute approximate surface area is 402 Å². The minimum Gasteiger partial charge on any atom is -0.494 e. The van der Waals surface area contributed by atoms with E-state index in [1.54, 1.807) is 12.1 Å². The second kappa shape index (κ2) is 19.5. The molecule has 0 bridgehead atoms. The van der Waals surface area contributed by atoms with Crippen LogP contribution in [0.1, 0.15) is 125 Å². The van der Waals surface area contributed by atoms with Crippen LogP contribution in [0.2, 0.25) is 0 Å². The van der Waals surface area contributed by atoms with Crippen molar-refractivity contribution in [2.75, 3.05) is 30.3 Å². The molecule has 0 spiro atoms. The Kier molecular flexibility index (Phi) is 14.2. The number of hydrogen-bond acceptors (Lipinski definition) is 12. The first kappa shape index (κ1) is 49.6. The van der Waals surface area contributed by atoms with E-state index in [-0.39, 0.29) is 22.0 Å². The summed E-state index contributed by atoms with van der Waals surface area (Å²) >= 11 is 1.31. The minimum absolute atomic E-state index is 0.133. The van der Waals surface area contributed by atoms with Crippen LogP contribution in [0.3, 0.4) is 0 Å². The number of hydrogen-bond donors (Lipinski definition) is 3. The van der Waals surface area contributed by atoms with E-state index in [0.717, 1.165) is 69.8 Å². The predicted octanol–water partition coefficient (Wildman–Crippen LogP) is 8.96. The highest BCUT2D eigenvalue weighted by molar-refractivity contribution is 7.86. The van der Waals surface area contributed by atoms with Gasteiger partial charge in [-0.25, -0.2) is 4.98 Å². The molecule has 2 atom stereocenters. The molecule has 0 fully saturated rings. The molecule has 68 heavy (non-hydrogen) atoms. The standard InChI is InChI=1S/C49H56N4O11S4/c1-48(25-6-3-4-15-35(54)16-5-8-29-64-36-21-22-37-38(31-36)65-43(32-50)51-37)41(52-27-11-13-33-19-23-39(67(58,59)60)44(48)46(33)52)17-10-18-42-49(2,26-7-9-30-66(55,56)57)45-40(68(61,62)63)24-20-34-14-12-28-53(42)47(34)45/h10,17-24,31H,3-9,11-16,25-30H2,1-2H3,(H2-,55,56,57,58,59,60,61,62,63)/p+1. The van der Waals surface area contributed by atoms with Gasteiger partial charge < -0.3 is 9.64 Å². The van der Waals surface area contributed by atoms with Gasteiger partial charge in [-0.05, 0) is 114 Å². The largest absolute Gasteiger partial charge is 0.494 e. The number of thiazole rings is 1. The number of ketones is 1. The number of anilines is 1. The molecular weight excluding hydrogens is 949 g/mol. The van der Waals surface area contributed by atoms with Gasteiger partial charge >= 0.3 is 0 Å². The molecule has 3 aromatic carbocycles. The zero-order valence-electron chi connectivity index (χ0n) is 38.2. The Morgan fingerprint density at radius 3 is 2.25 bits per heavy atom. The first-order chi connectivity index (χ1) is 32.2. The lowest BCUT2D eigenvalue weighted by Crippen LogP contribution is -2.33. The van der Waals surface area contributed by atoms with E-state index in [9.17, 15) is 43.7 Å². The number of ether oxygens (including phenoxy) is 1. The fraction of sp³-hybridized carbons (Fsp3) is 0.469. The summed E-state index contributed by atoms with van der Waals surface area (Å²) in [6.45, 7) is 5.57. The Balaban J connectivity index is 1.00. The van der Waals surface area contributed by atoms with Crippen LogP contribution >= 0.6 is 11.3 Å². The number of fused-ring (bicyclic) bond motifs is 1. The molecule has 0 saturated heterocycles. The Bertz CT molecular complexity index is 3150. The number of benzene rings is 3. The molecule has 2 unspecified atom stereocenters. The van der Waals surface area contributed by atoms with E-state index in [1.807, 2.05) is 50.3 Å². The Morgan fingerprint density at radius 1 is 0.853 bits per heavy atom. The average Bonchev–Trinajstić information content (AvgIpc) is 3.89. The molecule has 0 aliphatic carbocycles. The van der Waals surface area contributed by atoms with Gasteiger partial charge in [-0.15, -0.1) is 11.3 Å². The topological polar surface area (TPSA) is 232 Å². The maximum atomic E-state index is 13.1. The van der Waals surface area contributed by atoms with Crippen molar-refractivity contribution in [2.24, 2.45) is 0 Å². The van der Waals surface area contributed by atoms with E-state index in [2.05, 4.69) is 20.5 Å². The minimum atomic E-state index is -4.66. The van der Waals surface area contributed by atoms with Gasteiger partial charge in [-0.1, -0.05) is 37.5 Å². The fourth-order valence-corrected chi connectivity index (χ4v) is 14.0. The molecule has 1 aromatic heterocycles. The van der Waals surface area contributed by atoms with Crippen molar-refractivity contribution in [1.29, 1.82) is 5.26 Å². The summed E-state index contributed by atoms with van der Waals surface area (Å²) in [6, 6.07) is 14.0. The molecule has 362 valence electrons. The van der Waals surface area contributed by atoms with Gasteiger partial charge in [-0.2, -0.15) is 35.1 Å². The highest BCUT2D eigenvalue weighted by atomic mass is 32.2. The molecule has 0 saturated carbocycles. The molecule has 5 heterocycles. The summed E-state index contributed by atoms with van der Waals surface area (Å²) < 4.78 is 115. The fourth-order valence-electron chi connectivity index (χ4n) is 11.0.